The highest BCUT2D eigenvalue weighted by Gasteiger charge is 2.30. The summed E-state index contributed by atoms with van der Waals surface area (Å²) in [4.78, 5) is 26.4. The molecule has 0 saturated carbocycles. The first-order chi connectivity index (χ1) is 13.0. The summed E-state index contributed by atoms with van der Waals surface area (Å²) in [5, 5.41) is 3.01. The van der Waals surface area contributed by atoms with Crippen LogP contribution in [0.25, 0.3) is 0 Å². The van der Waals surface area contributed by atoms with Gasteiger partial charge in [-0.1, -0.05) is 36.4 Å². The first-order valence-corrected chi connectivity index (χ1v) is 9.29. The van der Waals surface area contributed by atoms with E-state index in [-0.39, 0.29) is 17.9 Å². The Morgan fingerprint density at radius 1 is 1.19 bits per heavy atom. The maximum atomic E-state index is 12.3. The minimum absolute atomic E-state index is 0.0286. The molecule has 5 nitrogen and oxygen atoms in total. The Bertz CT molecular complexity index is 801. The number of nitrogens with zero attached hydrogens (tertiary/aromatic N) is 1. The highest BCUT2D eigenvalue weighted by Crippen LogP contribution is 2.15. The fraction of sp³-hybridized carbons (Fsp3) is 0.364. The van der Waals surface area contributed by atoms with Crippen LogP contribution in [-0.4, -0.2) is 43.0 Å². The molecule has 1 aliphatic heterocycles. The fourth-order valence-corrected chi connectivity index (χ4v) is 3.40. The zero-order valence-electron chi connectivity index (χ0n) is 15.9. The van der Waals surface area contributed by atoms with Crippen LogP contribution in [0.4, 0.5) is 0 Å². The Morgan fingerprint density at radius 3 is 2.63 bits per heavy atom. The number of benzene rings is 2. The third kappa shape index (κ3) is 5.09. The average molecular weight is 366 g/mol. The summed E-state index contributed by atoms with van der Waals surface area (Å²) < 4.78 is 5.16. The normalized spacial score (nSPS) is 16.4. The maximum Gasteiger partial charge on any atom is 0.224 e. The highest BCUT2D eigenvalue weighted by atomic mass is 16.5. The number of likely N-dealkylation sites (tertiary alicyclic amines) is 1. The molecule has 0 unspecified atom stereocenters. The molecule has 1 atom stereocenters. The van der Waals surface area contributed by atoms with Gasteiger partial charge in [0.1, 0.15) is 5.75 Å². The molecule has 5 heteroatoms. The van der Waals surface area contributed by atoms with Crippen molar-refractivity contribution in [2.45, 2.75) is 32.2 Å². The van der Waals surface area contributed by atoms with E-state index in [0.717, 1.165) is 28.9 Å². The van der Waals surface area contributed by atoms with Crippen molar-refractivity contribution in [1.82, 2.24) is 10.2 Å². The molecular formula is C22H26N2O3. The molecule has 0 radical (unpaired) electrons. The number of ether oxygens (including phenoxy) is 1. The summed E-state index contributed by atoms with van der Waals surface area (Å²) in [5.74, 6) is 0.899. The Kier molecular flexibility index (Phi) is 6.12. The standard InChI is InChI=1S/C22H26N2O3/c1-16-5-3-4-6-18(16)13-21(25)23-19-14-22(26)24(15-19)12-11-17-7-9-20(27-2)10-8-17/h3-10,19H,11-15H2,1-2H3,(H,23,25)/t19-/m1/s1. The maximum absolute atomic E-state index is 12.3. The van der Waals surface area contributed by atoms with E-state index in [9.17, 15) is 9.59 Å². The van der Waals surface area contributed by atoms with Crippen LogP contribution in [0.5, 0.6) is 5.75 Å². The minimum atomic E-state index is -0.107. The van der Waals surface area contributed by atoms with Crippen LogP contribution < -0.4 is 10.1 Å². The Labute approximate surface area is 160 Å². The second-order valence-corrected chi connectivity index (χ2v) is 7.01. The van der Waals surface area contributed by atoms with Crippen LogP contribution in [0.3, 0.4) is 0 Å². The van der Waals surface area contributed by atoms with Crippen molar-refractivity contribution in [3.05, 3.63) is 65.2 Å². The predicted molar refractivity (Wildman–Crippen MR) is 105 cm³/mol. The Hall–Kier alpha value is -2.82. The molecule has 1 aliphatic rings. The number of nitrogens with one attached hydrogen (secondary N) is 1. The summed E-state index contributed by atoms with van der Waals surface area (Å²) in [6.07, 6.45) is 1.52. The van der Waals surface area contributed by atoms with Gasteiger partial charge < -0.3 is 15.0 Å². The molecule has 0 aliphatic carbocycles. The summed E-state index contributed by atoms with van der Waals surface area (Å²) in [5.41, 5.74) is 3.29. The van der Waals surface area contributed by atoms with E-state index in [1.54, 1.807) is 7.11 Å². The van der Waals surface area contributed by atoms with Crippen molar-refractivity contribution in [3.63, 3.8) is 0 Å². The molecule has 3 rings (SSSR count). The van der Waals surface area contributed by atoms with Gasteiger partial charge in [-0.05, 0) is 42.2 Å². The highest BCUT2D eigenvalue weighted by molar-refractivity contribution is 5.83. The lowest BCUT2D eigenvalue weighted by Crippen LogP contribution is -2.38. The molecular weight excluding hydrogens is 340 g/mol. The number of carbonyl (C=O) groups excluding carboxylic acids is 2. The number of aryl methyl sites for hydroxylation is 1. The van der Waals surface area contributed by atoms with Crippen LogP contribution in [0.15, 0.2) is 48.5 Å². The molecule has 2 aromatic rings. The van der Waals surface area contributed by atoms with Gasteiger partial charge in [0.25, 0.3) is 0 Å². The first-order valence-electron chi connectivity index (χ1n) is 9.29. The SMILES string of the molecule is COc1ccc(CCN2C[C@H](NC(=O)Cc3ccccc3C)CC2=O)cc1. The van der Waals surface area contributed by atoms with E-state index in [1.165, 1.54) is 0 Å². The van der Waals surface area contributed by atoms with E-state index >= 15 is 0 Å². The van der Waals surface area contributed by atoms with Crippen LogP contribution in [0.1, 0.15) is 23.1 Å². The lowest BCUT2D eigenvalue weighted by Gasteiger charge is -2.17. The lowest BCUT2D eigenvalue weighted by molar-refractivity contribution is -0.127. The molecule has 0 aromatic heterocycles. The van der Waals surface area contributed by atoms with E-state index in [0.29, 0.717) is 25.9 Å². The van der Waals surface area contributed by atoms with Crippen LogP contribution in [-0.2, 0) is 22.4 Å². The molecule has 142 valence electrons. The van der Waals surface area contributed by atoms with E-state index in [4.69, 9.17) is 4.74 Å². The van der Waals surface area contributed by atoms with Gasteiger partial charge in [0.05, 0.1) is 19.6 Å². The summed E-state index contributed by atoms with van der Waals surface area (Å²) in [7, 11) is 1.64. The predicted octanol–water partition coefficient (Wildman–Crippen LogP) is 2.51. The molecule has 2 aromatic carbocycles. The average Bonchev–Trinajstić information content (AvgIpc) is 3.01. The molecule has 0 bridgehead atoms. The minimum Gasteiger partial charge on any atom is -0.497 e. The van der Waals surface area contributed by atoms with E-state index < -0.39 is 0 Å². The van der Waals surface area contributed by atoms with Gasteiger partial charge in [-0.15, -0.1) is 0 Å². The zero-order valence-corrected chi connectivity index (χ0v) is 15.9. The van der Waals surface area contributed by atoms with Gasteiger partial charge in [0.15, 0.2) is 0 Å². The second kappa shape index (κ2) is 8.71. The van der Waals surface area contributed by atoms with Crippen molar-refractivity contribution < 1.29 is 14.3 Å². The topological polar surface area (TPSA) is 58.6 Å². The van der Waals surface area contributed by atoms with Gasteiger partial charge >= 0.3 is 0 Å². The van der Waals surface area contributed by atoms with Gasteiger partial charge in [-0.3, -0.25) is 9.59 Å². The van der Waals surface area contributed by atoms with Crippen molar-refractivity contribution >= 4 is 11.8 Å². The summed E-state index contributed by atoms with van der Waals surface area (Å²) >= 11 is 0. The lowest BCUT2D eigenvalue weighted by atomic mass is 10.1. The molecule has 1 saturated heterocycles. The van der Waals surface area contributed by atoms with Gasteiger partial charge in [-0.2, -0.15) is 0 Å². The molecule has 27 heavy (non-hydrogen) atoms. The first kappa shape index (κ1) is 19.0. The molecule has 0 spiro atoms. The molecule has 1 heterocycles. The number of rotatable bonds is 7. The smallest absolute Gasteiger partial charge is 0.224 e. The number of hydrogen-bond donors (Lipinski definition) is 1. The number of carbonyl (C=O) groups is 2. The Balaban J connectivity index is 1.48. The van der Waals surface area contributed by atoms with Crippen molar-refractivity contribution in [1.29, 1.82) is 0 Å². The van der Waals surface area contributed by atoms with E-state index in [2.05, 4.69) is 5.32 Å². The Morgan fingerprint density at radius 2 is 1.93 bits per heavy atom. The number of hydrogen-bond acceptors (Lipinski definition) is 3. The van der Waals surface area contributed by atoms with Crippen molar-refractivity contribution in [3.8, 4) is 5.75 Å². The zero-order chi connectivity index (χ0) is 19.2. The fourth-order valence-electron chi connectivity index (χ4n) is 3.40. The third-order valence-electron chi connectivity index (χ3n) is 5.02. The summed E-state index contributed by atoms with van der Waals surface area (Å²) in [6, 6.07) is 15.7. The second-order valence-electron chi connectivity index (χ2n) is 7.01. The van der Waals surface area contributed by atoms with Crippen LogP contribution in [0.2, 0.25) is 0 Å². The number of amides is 2. The van der Waals surface area contributed by atoms with Crippen molar-refractivity contribution in [2.24, 2.45) is 0 Å². The number of methoxy groups -OCH3 is 1. The van der Waals surface area contributed by atoms with Gasteiger partial charge in [0, 0.05) is 19.5 Å². The molecule has 2 amide bonds. The summed E-state index contributed by atoms with van der Waals surface area (Å²) in [6.45, 7) is 3.24. The molecule has 1 fully saturated rings. The van der Waals surface area contributed by atoms with Crippen LogP contribution >= 0.6 is 0 Å². The van der Waals surface area contributed by atoms with Crippen LogP contribution in [0, 0.1) is 6.92 Å². The monoisotopic (exact) mass is 366 g/mol. The quantitative estimate of drug-likeness (QED) is 0.819. The largest absolute Gasteiger partial charge is 0.497 e. The van der Waals surface area contributed by atoms with Crippen molar-refractivity contribution in [2.75, 3.05) is 20.2 Å². The van der Waals surface area contributed by atoms with Gasteiger partial charge in [-0.25, -0.2) is 0 Å². The molecule has 1 N–H and O–H groups in total. The van der Waals surface area contributed by atoms with Gasteiger partial charge in [0.2, 0.25) is 11.8 Å². The van der Waals surface area contributed by atoms with E-state index in [1.807, 2.05) is 60.4 Å². The third-order valence-corrected chi connectivity index (χ3v) is 5.02.